The van der Waals surface area contributed by atoms with E-state index < -0.39 is 17.7 Å². The van der Waals surface area contributed by atoms with Crippen LogP contribution in [0.1, 0.15) is 23.2 Å². The molecule has 0 aromatic carbocycles. The van der Waals surface area contributed by atoms with Gasteiger partial charge in [-0.15, -0.1) is 0 Å². The molecule has 1 aliphatic carbocycles. The van der Waals surface area contributed by atoms with Crippen LogP contribution in [0.2, 0.25) is 5.02 Å². The summed E-state index contributed by atoms with van der Waals surface area (Å²) in [4.78, 5) is 15.4. The van der Waals surface area contributed by atoms with Crippen LogP contribution < -0.4 is 11.1 Å². The molecule has 0 spiro atoms. The van der Waals surface area contributed by atoms with Gasteiger partial charge in [-0.1, -0.05) is 11.6 Å². The molecule has 1 atom stereocenters. The Kier molecular flexibility index (Phi) is 3.38. The van der Waals surface area contributed by atoms with Crippen molar-refractivity contribution in [2.24, 2.45) is 5.92 Å². The molecule has 1 heterocycles. The van der Waals surface area contributed by atoms with Crippen molar-refractivity contribution in [3.05, 3.63) is 22.8 Å². The van der Waals surface area contributed by atoms with Crippen LogP contribution in [0.25, 0.3) is 0 Å². The summed E-state index contributed by atoms with van der Waals surface area (Å²) in [6.45, 7) is -0.0478. The molecule has 4 nitrogen and oxygen atoms in total. The van der Waals surface area contributed by atoms with E-state index in [0.717, 1.165) is 0 Å². The third-order valence-electron chi connectivity index (χ3n) is 3.06. The lowest BCUT2D eigenvalue weighted by molar-refractivity contribution is -0.129. The summed E-state index contributed by atoms with van der Waals surface area (Å²) < 4.78 is 25.9. The molecule has 0 radical (unpaired) electrons. The average Bonchev–Trinajstić information content (AvgIpc) is 2.31. The summed E-state index contributed by atoms with van der Waals surface area (Å²) in [5.41, 5.74) is 5.61. The Morgan fingerprint density at radius 2 is 2.39 bits per heavy atom. The molecule has 18 heavy (non-hydrogen) atoms. The monoisotopic (exact) mass is 275 g/mol. The second-order valence-corrected chi connectivity index (χ2v) is 4.70. The van der Waals surface area contributed by atoms with Crippen molar-refractivity contribution in [1.29, 1.82) is 0 Å². The van der Waals surface area contributed by atoms with Gasteiger partial charge < -0.3 is 11.1 Å². The molecule has 1 amide bonds. The van der Waals surface area contributed by atoms with Crippen molar-refractivity contribution in [2.75, 3.05) is 12.3 Å². The summed E-state index contributed by atoms with van der Waals surface area (Å²) in [5, 5.41) is 2.61. The van der Waals surface area contributed by atoms with Gasteiger partial charge in [-0.3, -0.25) is 4.79 Å². The fourth-order valence-corrected chi connectivity index (χ4v) is 1.88. The van der Waals surface area contributed by atoms with Crippen LogP contribution in [0.3, 0.4) is 0 Å². The molecule has 1 aromatic rings. The number of carbonyl (C=O) groups is 1. The van der Waals surface area contributed by atoms with Crippen molar-refractivity contribution in [2.45, 2.75) is 18.8 Å². The summed E-state index contributed by atoms with van der Waals surface area (Å²) in [5.74, 6) is -3.80. The average molecular weight is 276 g/mol. The third-order valence-corrected chi connectivity index (χ3v) is 3.37. The lowest BCUT2D eigenvalue weighted by Gasteiger charge is -2.36. The van der Waals surface area contributed by atoms with Gasteiger partial charge in [-0.25, -0.2) is 13.8 Å². The van der Waals surface area contributed by atoms with E-state index in [0.29, 0.717) is 6.42 Å². The van der Waals surface area contributed by atoms with Gasteiger partial charge in [0.1, 0.15) is 5.82 Å². The number of amides is 1. The number of halogens is 3. The first-order valence-corrected chi connectivity index (χ1v) is 5.85. The Bertz CT molecular complexity index is 481. The van der Waals surface area contributed by atoms with E-state index in [-0.39, 0.29) is 29.4 Å². The van der Waals surface area contributed by atoms with E-state index >= 15 is 0 Å². The molecular formula is C11H12ClF2N3O. The van der Waals surface area contributed by atoms with Gasteiger partial charge in [0.25, 0.3) is 11.8 Å². The number of hydrogen-bond donors (Lipinski definition) is 2. The van der Waals surface area contributed by atoms with Crippen LogP contribution in [0.15, 0.2) is 12.3 Å². The summed E-state index contributed by atoms with van der Waals surface area (Å²) in [6.07, 6.45) is 1.58. The zero-order valence-electron chi connectivity index (χ0n) is 9.42. The number of alkyl halides is 2. The minimum atomic E-state index is -2.66. The van der Waals surface area contributed by atoms with Crippen molar-refractivity contribution < 1.29 is 13.6 Å². The van der Waals surface area contributed by atoms with E-state index in [1.165, 1.54) is 12.3 Å². The highest BCUT2D eigenvalue weighted by atomic mass is 35.5. The Morgan fingerprint density at radius 1 is 1.67 bits per heavy atom. The van der Waals surface area contributed by atoms with Gasteiger partial charge in [0.15, 0.2) is 0 Å². The highest BCUT2D eigenvalue weighted by Crippen LogP contribution is 2.42. The molecule has 3 N–H and O–H groups in total. The molecule has 1 unspecified atom stereocenters. The topological polar surface area (TPSA) is 68.0 Å². The maximum absolute atomic E-state index is 13.0. The molecule has 1 aliphatic rings. The van der Waals surface area contributed by atoms with E-state index in [9.17, 15) is 13.6 Å². The number of aromatic nitrogens is 1. The molecule has 0 saturated heterocycles. The van der Waals surface area contributed by atoms with Gasteiger partial charge in [0, 0.05) is 25.1 Å². The molecule has 1 fully saturated rings. The predicted octanol–water partition coefficient (Wildman–Crippen LogP) is 2.09. The predicted molar refractivity (Wildman–Crippen MR) is 63.7 cm³/mol. The van der Waals surface area contributed by atoms with Crippen LogP contribution >= 0.6 is 11.6 Å². The van der Waals surface area contributed by atoms with Crippen LogP contribution in [-0.4, -0.2) is 23.4 Å². The van der Waals surface area contributed by atoms with Gasteiger partial charge in [0.05, 0.1) is 10.6 Å². The highest BCUT2D eigenvalue weighted by Gasteiger charge is 2.47. The molecule has 0 aliphatic heterocycles. The fourth-order valence-electron chi connectivity index (χ4n) is 1.71. The molecule has 2 rings (SSSR count). The van der Waals surface area contributed by atoms with E-state index in [4.69, 9.17) is 17.3 Å². The minimum absolute atomic E-state index is 0.0478. The smallest absolute Gasteiger partial charge is 0.252 e. The Balaban J connectivity index is 1.94. The minimum Gasteiger partial charge on any atom is -0.382 e. The lowest BCUT2D eigenvalue weighted by atomic mass is 9.81. The normalized spacial score (nSPS) is 21.2. The SMILES string of the molecule is Nc1ncc(C(=O)NCC2CCC2(F)F)cc1Cl. The second kappa shape index (κ2) is 4.68. The number of pyridine rings is 1. The molecule has 0 bridgehead atoms. The van der Waals surface area contributed by atoms with Crippen molar-refractivity contribution in [3.8, 4) is 0 Å². The van der Waals surface area contributed by atoms with Gasteiger partial charge in [0.2, 0.25) is 0 Å². The standard InChI is InChI=1S/C11H12ClF2N3O/c12-8-3-6(4-16-9(8)15)10(18)17-5-7-1-2-11(7,13)14/h3-4,7H,1-2,5H2,(H2,15,16)(H,17,18). The van der Waals surface area contributed by atoms with E-state index in [1.807, 2.05) is 0 Å². The Morgan fingerprint density at radius 3 is 2.89 bits per heavy atom. The maximum Gasteiger partial charge on any atom is 0.252 e. The first-order valence-electron chi connectivity index (χ1n) is 5.47. The molecule has 98 valence electrons. The quantitative estimate of drug-likeness (QED) is 0.887. The first-order chi connectivity index (χ1) is 8.40. The zero-order valence-corrected chi connectivity index (χ0v) is 10.2. The second-order valence-electron chi connectivity index (χ2n) is 4.30. The summed E-state index contributed by atoms with van der Waals surface area (Å²) in [6, 6.07) is 1.36. The van der Waals surface area contributed by atoms with Crippen molar-refractivity contribution in [1.82, 2.24) is 10.3 Å². The Hall–Kier alpha value is -1.43. The first kappa shape index (κ1) is 13.0. The van der Waals surface area contributed by atoms with Gasteiger partial charge in [-0.05, 0) is 12.5 Å². The van der Waals surface area contributed by atoms with E-state index in [2.05, 4.69) is 10.3 Å². The number of hydrogen-bond acceptors (Lipinski definition) is 3. The van der Waals surface area contributed by atoms with Crippen LogP contribution in [-0.2, 0) is 0 Å². The number of nitrogens with zero attached hydrogens (tertiary/aromatic N) is 1. The zero-order chi connectivity index (χ0) is 13.3. The number of nitrogens with two attached hydrogens (primary N) is 1. The van der Waals surface area contributed by atoms with Crippen LogP contribution in [0, 0.1) is 5.92 Å². The summed E-state index contributed by atoms with van der Waals surface area (Å²) in [7, 11) is 0. The van der Waals surface area contributed by atoms with Crippen LogP contribution in [0.5, 0.6) is 0 Å². The molecule has 1 saturated carbocycles. The number of rotatable bonds is 3. The summed E-state index contributed by atoms with van der Waals surface area (Å²) >= 11 is 5.72. The third kappa shape index (κ3) is 2.53. The number of nitrogens with one attached hydrogen (secondary N) is 1. The largest absolute Gasteiger partial charge is 0.382 e. The fraction of sp³-hybridized carbons (Fsp3) is 0.455. The molecule has 7 heteroatoms. The number of anilines is 1. The van der Waals surface area contributed by atoms with Gasteiger partial charge >= 0.3 is 0 Å². The maximum atomic E-state index is 13.0. The lowest BCUT2D eigenvalue weighted by Crippen LogP contribution is -2.45. The number of nitrogen functional groups attached to an aromatic ring is 1. The molecule has 1 aromatic heterocycles. The number of carbonyl (C=O) groups excluding carboxylic acids is 1. The highest BCUT2D eigenvalue weighted by molar-refractivity contribution is 6.33. The van der Waals surface area contributed by atoms with Crippen molar-refractivity contribution >= 4 is 23.3 Å². The van der Waals surface area contributed by atoms with E-state index in [1.54, 1.807) is 0 Å². The van der Waals surface area contributed by atoms with Crippen LogP contribution in [0.4, 0.5) is 14.6 Å². The molecular weight excluding hydrogens is 264 g/mol. The Labute approximate surface area is 108 Å². The van der Waals surface area contributed by atoms with Gasteiger partial charge in [-0.2, -0.15) is 0 Å². The van der Waals surface area contributed by atoms with Crippen molar-refractivity contribution in [3.63, 3.8) is 0 Å².